The number of nitrogens with two attached hydrogens (primary N) is 2. The molecule has 0 radical (unpaired) electrons. The van der Waals surface area contributed by atoms with Crippen LogP contribution in [-0.2, 0) is 9.59 Å². The van der Waals surface area contributed by atoms with Gasteiger partial charge in [0.25, 0.3) is 0 Å². The molecule has 0 aliphatic rings. The van der Waals surface area contributed by atoms with Crippen molar-refractivity contribution in [1.29, 1.82) is 0 Å². The van der Waals surface area contributed by atoms with Gasteiger partial charge in [0.05, 0.1) is 25.0 Å². The van der Waals surface area contributed by atoms with Crippen LogP contribution < -0.4 is 16.4 Å². The third-order valence-electron chi connectivity index (χ3n) is 2.54. The predicted molar refractivity (Wildman–Crippen MR) is 73.7 cm³/mol. The van der Waals surface area contributed by atoms with Crippen LogP contribution in [0.5, 0.6) is 0 Å². The first kappa shape index (κ1) is 16.3. The number of anilines is 1. The maximum absolute atomic E-state index is 11.3. The lowest BCUT2D eigenvalue weighted by atomic mass is 10.2. The lowest BCUT2D eigenvalue weighted by Gasteiger charge is -2.22. The molecule has 0 fully saturated rings. The van der Waals surface area contributed by atoms with Gasteiger partial charge in [-0.3, -0.25) is 9.59 Å². The van der Waals surface area contributed by atoms with Gasteiger partial charge >= 0.3 is 5.97 Å². The van der Waals surface area contributed by atoms with Crippen molar-refractivity contribution >= 4 is 23.5 Å². The molecule has 0 aromatic carbocycles. The van der Waals surface area contributed by atoms with E-state index in [2.05, 4.69) is 9.97 Å². The number of amides is 2. The van der Waals surface area contributed by atoms with Crippen molar-refractivity contribution in [2.75, 3.05) is 18.0 Å². The molecule has 0 aliphatic heterocycles. The molecule has 0 saturated heterocycles. The number of aromatic nitrogens is 2. The van der Waals surface area contributed by atoms with Crippen LogP contribution in [0.3, 0.4) is 0 Å². The fourth-order valence-corrected chi connectivity index (χ4v) is 1.66. The number of primary amides is 2. The summed E-state index contributed by atoms with van der Waals surface area (Å²) in [6, 6.07) is 0. The molecule has 114 valence electrons. The first-order chi connectivity index (χ1) is 9.72. The van der Waals surface area contributed by atoms with E-state index < -0.39 is 17.8 Å². The number of carboxylic acids is 1. The molecule has 1 rings (SSSR count). The third kappa shape index (κ3) is 4.41. The van der Waals surface area contributed by atoms with Crippen LogP contribution in [0.2, 0.25) is 0 Å². The molecule has 0 saturated carbocycles. The van der Waals surface area contributed by atoms with Crippen molar-refractivity contribution in [3.8, 4) is 0 Å². The van der Waals surface area contributed by atoms with Crippen molar-refractivity contribution in [3.05, 3.63) is 17.7 Å². The van der Waals surface area contributed by atoms with E-state index in [4.69, 9.17) is 11.5 Å². The molecule has 9 heteroatoms. The molecule has 0 bridgehead atoms. The van der Waals surface area contributed by atoms with Gasteiger partial charge in [-0.1, -0.05) is 13.8 Å². The highest BCUT2D eigenvalue weighted by atomic mass is 16.4. The van der Waals surface area contributed by atoms with E-state index in [-0.39, 0.29) is 30.4 Å². The Labute approximate surface area is 121 Å². The second-order valence-corrected chi connectivity index (χ2v) is 4.71. The number of aromatic carboxylic acids is 1. The Hall–Kier alpha value is -2.71. The number of carbonyl (C=O) groups excluding carboxylic acids is 2. The average molecular weight is 295 g/mol. The second kappa shape index (κ2) is 6.64. The molecule has 9 nitrogen and oxygen atoms in total. The van der Waals surface area contributed by atoms with Crippen LogP contribution in [0.25, 0.3) is 0 Å². The van der Waals surface area contributed by atoms with Crippen molar-refractivity contribution in [1.82, 2.24) is 9.97 Å². The minimum Gasteiger partial charge on any atom is -0.476 e. The van der Waals surface area contributed by atoms with Crippen molar-refractivity contribution < 1.29 is 19.5 Å². The number of rotatable bonds is 7. The standard InChI is InChI=1S/C12H17N5O4/c1-6(2)11-15-3-7(10(16-11)12(20)21)17(4-8(13)18)5-9(14)19/h3,6H,4-5H2,1-2H3,(H2,13,18)(H2,14,19)(H,20,21). The van der Waals surface area contributed by atoms with Crippen LogP contribution in [-0.4, -0.2) is 45.9 Å². The van der Waals surface area contributed by atoms with Crippen LogP contribution >= 0.6 is 0 Å². The van der Waals surface area contributed by atoms with Gasteiger partial charge in [0, 0.05) is 5.92 Å². The van der Waals surface area contributed by atoms with E-state index in [0.717, 1.165) is 4.90 Å². The quantitative estimate of drug-likeness (QED) is 0.587. The number of hydrogen-bond acceptors (Lipinski definition) is 6. The van der Waals surface area contributed by atoms with E-state index in [1.165, 1.54) is 6.20 Å². The summed E-state index contributed by atoms with van der Waals surface area (Å²) in [5, 5.41) is 9.24. The van der Waals surface area contributed by atoms with Gasteiger partial charge < -0.3 is 21.5 Å². The molecule has 0 spiro atoms. The van der Waals surface area contributed by atoms with Gasteiger partial charge in [-0.15, -0.1) is 0 Å². The fourth-order valence-electron chi connectivity index (χ4n) is 1.66. The first-order valence-corrected chi connectivity index (χ1v) is 6.14. The molecule has 21 heavy (non-hydrogen) atoms. The second-order valence-electron chi connectivity index (χ2n) is 4.71. The first-order valence-electron chi connectivity index (χ1n) is 6.14. The zero-order valence-electron chi connectivity index (χ0n) is 11.7. The molecule has 5 N–H and O–H groups in total. The third-order valence-corrected chi connectivity index (χ3v) is 2.54. The molecular weight excluding hydrogens is 278 g/mol. The fraction of sp³-hybridized carbons (Fsp3) is 0.417. The summed E-state index contributed by atoms with van der Waals surface area (Å²) in [5.41, 5.74) is 9.89. The number of carbonyl (C=O) groups is 3. The smallest absolute Gasteiger partial charge is 0.356 e. The van der Waals surface area contributed by atoms with Crippen molar-refractivity contribution in [3.63, 3.8) is 0 Å². The number of carboxylic acid groups (broad SMARTS) is 1. The van der Waals surface area contributed by atoms with E-state index >= 15 is 0 Å². The minimum atomic E-state index is -1.30. The SMILES string of the molecule is CC(C)c1ncc(N(CC(N)=O)CC(N)=O)c(C(=O)O)n1. The Morgan fingerprint density at radius 3 is 2.14 bits per heavy atom. The summed E-state index contributed by atoms with van der Waals surface area (Å²) < 4.78 is 0. The van der Waals surface area contributed by atoms with Crippen LogP contribution in [0.4, 0.5) is 5.69 Å². The van der Waals surface area contributed by atoms with Crippen molar-refractivity contribution in [2.45, 2.75) is 19.8 Å². The number of hydrogen-bond donors (Lipinski definition) is 3. The Bertz CT molecular complexity index is 557. The topological polar surface area (TPSA) is 152 Å². The van der Waals surface area contributed by atoms with Crippen LogP contribution in [0, 0.1) is 0 Å². The number of nitrogens with zero attached hydrogens (tertiary/aromatic N) is 3. The molecule has 1 heterocycles. The molecule has 0 aliphatic carbocycles. The molecule has 0 unspecified atom stereocenters. The highest BCUT2D eigenvalue weighted by molar-refractivity contribution is 5.94. The Balaban J connectivity index is 3.31. The highest BCUT2D eigenvalue weighted by Gasteiger charge is 2.22. The summed E-state index contributed by atoms with van der Waals surface area (Å²) in [6.45, 7) is 2.89. The Morgan fingerprint density at radius 1 is 1.24 bits per heavy atom. The van der Waals surface area contributed by atoms with Crippen molar-refractivity contribution in [2.24, 2.45) is 11.5 Å². The Morgan fingerprint density at radius 2 is 1.76 bits per heavy atom. The maximum atomic E-state index is 11.3. The normalized spacial score (nSPS) is 10.4. The highest BCUT2D eigenvalue weighted by Crippen LogP contribution is 2.20. The lowest BCUT2D eigenvalue weighted by Crippen LogP contribution is -2.40. The summed E-state index contributed by atoms with van der Waals surface area (Å²) in [6.07, 6.45) is 1.25. The lowest BCUT2D eigenvalue weighted by molar-refractivity contribution is -0.117. The molecule has 0 atom stereocenters. The summed E-state index contributed by atoms with van der Waals surface area (Å²) >= 11 is 0. The van der Waals surface area contributed by atoms with Crippen LogP contribution in [0.15, 0.2) is 6.20 Å². The largest absolute Gasteiger partial charge is 0.476 e. The summed E-state index contributed by atoms with van der Waals surface area (Å²) in [7, 11) is 0. The summed E-state index contributed by atoms with van der Waals surface area (Å²) in [4.78, 5) is 42.6. The van der Waals surface area contributed by atoms with Gasteiger partial charge in [-0.25, -0.2) is 14.8 Å². The molecular formula is C12H17N5O4. The average Bonchev–Trinajstić information content (AvgIpc) is 2.35. The van der Waals surface area contributed by atoms with Gasteiger partial charge in [0.15, 0.2) is 5.69 Å². The van der Waals surface area contributed by atoms with Gasteiger partial charge in [0.1, 0.15) is 5.82 Å². The Kier molecular flexibility index (Phi) is 5.17. The van der Waals surface area contributed by atoms with Gasteiger partial charge in [0.2, 0.25) is 11.8 Å². The van der Waals surface area contributed by atoms with E-state index in [1.54, 1.807) is 0 Å². The monoisotopic (exact) mass is 295 g/mol. The molecule has 2 amide bonds. The maximum Gasteiger partial charge on any atom is 0.356 e. The zero-order chi connectivity index (χ0) is 16.2. The minimum absolute atomic E-state index is 0.0181. The van der Waals surface area contributed by atoms with E-state index in [0.29, 0.717) is 5.82 Å². The molecule has 1 aromatic heterocycles. The van der Waals surface area contributed by atoms with Crippen LogP contribution in [0.1, 0.15) is 36.1 Å². The van der Waals surface area contributed by atoms with Gasteiger partial charge in [-0.2, -0.15) is 0 Å². The van der Waals surface area contributed by atoms with E-state index in [9.17, 15) is 19.5 Å². The van der Waals surface area contributed by atoms with E-state index in [1.807, 2.05) is 13.8 Å². The predicted octanol–water partition coefficient (Wildman–Crippen LogP) is -0.925. The summed E-state index contributed by atoms with van der Waals surface area (Å²) in [5.74, 6) is -2.50. The zero-order valence-corrected chi connectivity index (χ0v) is 11.7. The van der Waals surface area contributed by atoms with Gasteiger partial charge in [-0.05, 0) is 0 Å². The molecule has 1 aromatic rings.